The summed E-state index contributed by atoms with van der Waals surface area (Å²) in [5.41, 5.74) is 7.23. The molecule has 0 atom stereocenters. The molecule has 1 aromatic heterocycles. The Morgan fingerprint density at radius 1 is 1.38 bits per heavy atom. The minimum atomic E-state index is -0.463. The maximum Gasteiger partial charge on any atom is 0.250 e. The van der Waals surface area contributed by atoms with E-state index < -0.39 is 5.82 Å². The summed E-state index contributed by atoms with van der Waals surface area (Å²) in [6, 6.07) is 3.98. The van der Waals surface area contributed by atoms with Crippen molar-refractivity contribution in [3.8, 4) is 11.6 Å². The van der Waals surface area contributed by atoms with Gasteiger partial charge in [-0.2, -0.15) is 5.10 Å². The highest BCUT2D eigenvalue weighted by Crippen LogP contribution is 2.31. The van der Waals surface area contributed by atoms with E-state index in [1.54, 1.807) is 13.8 Å². The third kappa shape index (κ3) is 3.10. The molecule has 0 aliphatic carbocycles. The first kappa shape index (κ1) is 15.2. The minimum absolute atomic E-state index is 0.0275. The molecule has 0 aliphatic heterocycles. The molecule has 110 valence electrons. The zero-order valence-corrected chi connectivity index (χ0v) is 12.8. The van der Waals surface area contributed by atoms with Crippen LogP contribution in [-0.2, 0) is 0 Å². The van der Waals surface area contributed by atoms with E-state index in [9.17, 15) is 4.39 Å². The zero-order valence-electron chi connectivity index (χ0n) is 11.3. The van der Waals surface area contributed by atoms with Gasteiger partial charge in [0, 0.05) is 6.07 Å². The lowest BCUT2D eigenvalue weighted by molar-refractivity contribution is 0.318. The van der Waals surface area contributed by atoms with Gasteiger partial charge in [0.1, 0.15) is 11.6 Å². The maximum absolute atomic E-state index is 13.3. The van der Waals surface area contributed by atoms with E-state index in [4.69, 9.17) is 15.7 Å². The van der Waals surface area contributed by atoms with Crippen LogP contribution >= 0.6 is 15.9 Å². The van der Waals surface area contributed by atoms with Crippen LogP contribution < -0.4 is 10.5 Å². The Bertz CT molecular complexity index is 722. The number of aromatic nitrogens is 2. The molecule has 2 aromatic rings. The number of rotatable bonds is 3. The largest absolute Gasteiger partial charge is 0.436 e. The third-order valence-electron chi connectivity index (χ3n) is 2.89. The Hall–Kier alpha value is -2.22. The van der Waals surface area contributed by atoms with Crippen molar-refractivity contribution < 1.29 is 14.3 Å². The van der Waals surface area contributed by atoms with Gasteiger partial charge in [-0.05, 0) is 47.5 Å². The monoisotopic (exact) mass is 354 g/mol. The number of halogens is 2. The van der Waals surface area contributed by atoms with Crippen LogP contribution in [0.2, 0.25) is 0 Å². The highest BCUT2D eigenvalue weighted by Gasteiger charge is 2.18. The van der Waals surface area contributed by atoms with Crippen molar-refractivity contribution in [3.05, 3.63) is 45.3 Å². The molecule has 0 radical (unpaired) electrons. The van der Waals surface area contributed by atoms with E-state index in [1.807, 2.05) is 0 Å². The van der Waals surface area contributed by atoms with Crippen LogP contribution in [0.1, 0.15) is 16.8 Å². The molecule has 2 rings (SSSR count). The van der Waals surface area contributed by atoms with Crippen LogP contribution in [-0.4, -0.2) is 21.2 Å². The van der Waals surface area contributed by atoms with Crippen LogP contribution in [0.25, 0.3) is 0 Å². The summed E-state index contributed by atoms with van der Waals surface area (Å²) >= 11 is 3.25. The first-order valence-corrected chi connectivity index (χ1v) is 6.68. The number of nitrogens with two attached hydrogens (primary N) is 1. The molecule has 3 N–H and O–H groups in total. The summed E-state index contributed by atoms with van der Waals surface area (Å²) in [4.78, 5) is 0. The van der Waals surface area contributed by atoms with Crippen LogP contribution in [0.4, 0.5) is 4.39 Å². The van der Waals surface area contributed by atoms with E-state index in [2.05, 4.69) is 31.3 Å². The van der Waals surface area contributed by atoms with Crippen molar-refractivity contribution in [2.45, 2.75) is 13.8 Å². The lowest BCUT2D eigenvalue weighted by Crippen LogP contribution is -2.18. The molecule has 0 unspecified atom stereocenters. The molecule has 1 heterocycles. The molecule has 6 nitrogen and oxygen atoms in total. The number of oxime groups is 1. The SMILES string of the molecule is Cc1nnc(Oc2cc(F)ccc2Br)c(/C(N)=N/O)c1C. The Labute approximate surface area is 128 Å². The lowest BCUT2D eigenvalue weighted by atomic mass is 10.1. The molecule has 0 fully saturated rings. The highest BCUT2D eigenvalue weighted by atomic mass is 79.9. The Balaban J connectivity index is 2.54. The van der Waals surface area contributed by atoms with E-state index in [0.717, 1.165) is 0 Å². The number of hydrogen-bond donors (Lipinski definition) is 2. The molecular weight excluding hydrogens is 343 g/mol. The molecule has 0 saturated carbocycles. The highest BCUT2D eigenvalue weighted by molar-refractivity contribution is 9.10. The molecule has 1 aromatic carbocycles. The second kappa shape index (κ2) is 6.04. The van der Waals surface area contributed by atoms with Crippen LogP contribution in [0, 0.1) is 19.7 Å². The van der Waals surface area contributed by atoms with Gasteiger partial charge in [-0.25, -0.2) is 4.39 Å². The topological polar surface area (TPSA) is 93.6 Å². The number of benzene rings is 1. The van der Waals surface area contributed by atoms with Gasteiger partial charge in [-0.15, -0.1) is 5.10 Å². The predicted octanol–water partition coefficient (Wildman–Crippen LogP) is 2.88. The Morgan fingerprint density at radius 3 is 2.76 bits per heavy atom. The second-order valence-corrected chi connectivity index (χ2v) is 5.11. The number of nitrogens with zero attached hydrogens (tertiary/aromatic N) is 3. The zero-order chi connectivity index (χ0) is 15.6. The fourth-order valence-corrected chi connectivity index (χ4v) is 2.00. The van der Waals surface area contributed by atoms with Crippen molar-refractivity contribution in [1.82, 2.24) is 10.2 Å². The Kier molecular flexibility index (Phi) is 4.37. The molecule has 8 heteroatoms. The summed E-state index contributed by atoms with van der Waals surface area (Å²) in [6.07, 6.45) is 0. The van der Waals surface area contributed by atoms with Crippen LogP contribution in [0.5, 0.6) is 11.6 Å². The summed E-state index contributed by atoms with van der Waals surface area (Å²) in [7, 11) is 0. The average Bonchev–Trinajstić information content (AvgIpc) is 2.46. The maximum atomic E-state index is 13.3. The van der Waals surface area contributed by atoms with Gasteiger partial charge in [-0.3, -0.25) is 0 Å². The quantitative estimate of drug-likeness (QED) is 0.382. The van der Waals surface area contributed by atoms with Crippen LogP contribution in [0.3, 0.4) is 0 Å². The van der Waals surface area contributed by atoms with Crippen molar-refractivity contribution >= 4 is 21.8 Å². The average molecular weight is 355 g/mol. The number of hydrogen-bond acceptors (Lipinski definition) is 5. The van der Waals surface area contributed by atoms with E-state index >= 15 is 0 Å². The number of ether oxygens (including phenoxy) is 1. The molecule has 0 spiro atoms. The Morgan fingerprint density at radius 2 is 2.10 bits per heavy atom. The lowest BCUT2D eigenvalue weighted by Gasteiger charge is -2.13. The van der Waals surface area contributed by atoms with Crippen LogP contribution in [0.15, 0.2) is 27.8 Å². The van der Waals surface area contributed by atoms with Gasteiger partial charge in [0.2, 0.25) is 5.88 Å². The first-order valence-electron chi connectivity index (χ1n) is 5.88. The van der Waals surface area contributed by atoms with Crippen molar-refractivity contribution in [3.63, 3.8) is 0 Å². The molecular formula is C13H12BrFN4O2. The van der Waals surface area contributed by atoms with Gasteiger partial charge < -0.3 is 15.7 Å². The van der Waals surface area contributed by atoms with E-state index in [0.29, 0.717) is 21.3 Å². The molecule has 0 saturated heterocycles. The third-order valence-corrected chi connectivity index (χ3v) is 3.54. The van der Waals surface area contributed by atoms with Crippen molar-refractivity contribution in [2.24, 2.45) is 10.9 Å². The van der Waals surface area contributed by atoms with E-state index in [-0.39, 0.29) is 17.5 Å². The van der Waals surface area contributed by atoms with Crippen molar-refractivity contribution in [2.75, 3.05) is 0 Å². The van der Waals surface area contributed by atoms with Gasteiger partial charge in [0.05, 0.1) is 15.7 Å². The smallest absolute Gasteiger partial charge is 0.250 e. The van der Waals surface area contributed by atoms with Gasteiger partial charge in [-0.1, -0.05) is 5.16 Å². The number of aryl methyl sites for hydroxylation is 1. The predicted molar refractivity (Wildman–Crippen MR) is 78.2 cm³/mol. The summed E-state index contributed by atoms with van der Waals surface area (Å²) in [6.45, 7) is 3.48. The summed E-state index contributed by atoms with van der Waals surface area (Å²) in [5, 5.41) is 19.7. The normalized spacial score (nSPS) is 11.5. The summed E-state index contributed by atoms with van der Waals surface area (Å²) < 4.78 is 19.4. The van der Waals surface area contributed by atoms with Gasteiger partial charge in [0.15, 0.2) is 5.84 Å². The summed E-state index contributed by atoms with van der Waals surface area (Å²) in [5.74, 6) is -0.386. The molecule has 0 amide bonds. The fraction of sp³-hybridized carbons (Fsp3) is 0.154. The van der Waals surface area contributed by atoms with E-state index in [1.165, 1.54) is 18.2 Å². The number of amidine groups is 1. The fourth-order valence-electron chi connectivity index (χ4n) is 1.67. The van der Waals surface area contributed by atoms with Gasteiger partial charge >= 0.3 is 0 Å². The van der Waals surface area contributed by atoms with Crippen molar-refractivity contribution in [1.29, 1.82) is 0 Å². The molecule has 0 bridgehead atoms. The second-order valence-electron chi connectivity index (χ2n) is 4.25. The first-order chi connectivity index (χ1) is 9.93. The van der Waals surface area contributed by atoms with Gasteiger partial charge in [0.25, 0.3) is 0 Å². The standard InChI is InChI=1S/C13H12BrFN4O2/c1-6-7(2)17-18-13(11(6)12(16)19-20)21-10-5-8(15)3-4-9(10)14/h3-5,20H,1-2H3,(H2,16,19). The molecule has 0 aliphatic rings. The minimum Gasteiger partial charge on any atom is -0.436 e. The molecule has 21 heavy (non-hydrogen) atoms.